The molecule has 2 aromatic carbocycles. The van der Waals surface area contributed by atoms with Gasteiger partial charge in [-0.05, 0) is 28.2 Å². The Hall–Kier alpha value is -1.82. The Morgan fingerprint density at radius 3 is 1.61 bits per heavy atom. The molecule has 0 unspecified atom stereocenters. The lowest BCUT2D eigenvalue weighted by Crippen LogP contribution is -2.10. The summed E-state index contributed by atoms with van der Waals surface area (Å²) in [5.74, 6) is 1.10. The van der Waals surface area contributed by atoms with E-state index < -0.39 is 0 Å². The maximum atomic E-state index is 2.31. The van der Waals surface area contributed by atoms with Crippen molar-refractivity contribution < 1.29 is 0 Å². The zero-order valence-corrected chi connectivity index (χ0v) is 10.9. The van der Waals surface area contributed by atoms with Crippen LogP contribution in [0.3, 0.4) is 0 Å². The standard InChI is InChI=1S/C18H18/c1-13(2)18-16-9-5-3-7-14(16)11-12-15-8-4-6-10-17(15)18/h3-13,18H,1-2H3. The van der Waals surface area contributed by atoms with Crippen molar-refractivity contribution >= 4 is 12.2 Å². The molecule has 0 atom stereocenters. The van der Waals surface area contributed by atoms with Gasteiger partial charge in [-0.3, -0.25) is 0 Å². The van der Waals surface area contributed by atoms with Gasteiger partial charge >= 0.3 is 0 Å². The quantitative estimate of drug-likeness (QED) is 0.654. The first-order valence-corrected chi connectivity index (χ1v) is 6.63. The molecule has 0 saturated carbocycles. The number of hydrogen-bond donors (Lipinski definition) is 0. The Morgan fingerprint density at radius 2 is 1.17 bits per heavy atom. The van der Waals surface area contributed by atoms with Crippen LogP contribution < -0.4 is 0 Å². The normalized spacial score (nSPS) is 14.2. The van der Waals surface area contributed by atoms with E-state index in [4.69, 9.17) is 0 Å². The highest BCUT2D eigenvalue weighted by Crippen LogP contribution is 2.38. The molecule has 0 heterocycles. The topological polar surface area (TPSA) is 0 Å². The minimum absolute atomic E-state index is 0.493. The lowest BCUT2D eigenvalue weighted by atomic mass is 9.80. The van der Waals surface area contributed by atoms with E-state index in [0.29, 0.717) is 11.8 Å². The fourth-order valence-electron chi connectivity index (χ4n) is 2.96. The van der Waals surface area contributed by atoms with Gasteiger partial charge in [-0.25, -0.2) is 0 Å². The SMILES string of the molecule is CC(C)C1c2ccccc2C=Cc2ccccc21. The molecule has 18 heavy (non-hydrogen) atoms. The molecule has 0 heteroatoms. The van der Waals surface area contributed by atoms with Crippen molar-refractivity contribution in [1.82, 2.24) is 0 Å². The van der Waals surface area contributed by atoms with Crippen LogP contribution in [0.5, 0.6) is 0 Å². The van der Waals surface area contributed by atoms with Gasteiger partial charge in [0, 0.05) is 5.92 Å². The van der Waals surface area contributed by atoms with E-state index in [2.05, 4.69) is 74.5 Å². The molecule has 90 valence electrons. The van der Waals surface area contributed by atoms with Crippen molar-refractivity contribution in [3.63, 3.8) is 0 Å². The summed E-state index contributed by atoms with van der Waals surface area (Å²) < 4.78 is 0. The van der Waals surface area contributed by atoms with Crippen LogP contribution in [0.2, 0.25) is 0 Å². The fourth-order valence-corrected chi connectivity index (χ4v) is 2.96. The Kier molecular flexibility index (Phi) is 2.79. The Bertz CT molecular complexity index is 541. The van der Waals surface area contributed by atoms with E-state index in [0.717, 1.165) is 0 Å². The molecule has 0 aromatic heterocycles. The van der Waals surface area contributed by atoms with Crippen molar-refractivity contribution in [2.45, 2.75) is 19.8 Å². The fraction of sp³-hybridized carbons (Fsp3) is 0.222. The van der Waals surface area contributed by atoms with Gasteiger partial charge in [0.2, 0.25) is 0 Å². The maximum absolute atomic E-state index is 2.31. The van der Waals surface area contributed by atoms with Gasteiger partial charge in [0.15, 0.2) is 0 Å². The Morgan fingerprint density at radius 1 is 0.722 bits per heavy atom. The van der Waals surface area contributed by atoms with Crippen LogP contribution in [0, 0.1) is 5.92 Å². The number of benzene rings is 2. The van der Waals surface area contributed by atoms with Crippen LogP contribution in [-0.2, 0) is 0 Å². The van der Waals surface area contributed by atoms with Crippen LogP contribution in [0.1, 0.15) is 42.0 Å². The van der Waals surface area contributed by atoms with Gasteiger partial charge in [-0.1, -0.05) is 74.5 Å². The van der Waals surface area contributed by atoms with E-state index in [1.54, 1.807) is 0 Å². The number of hydrogen-bond acceptors (Lipinski definition) is 0. The lowest BCUT2D eigenvalue weighted by Gasteiger charge is -2.24. The molecule has 0 amide bonds. The van der Waals surface area contributed by atoms with Gasteiger partial charge in [-0.2, -0.15) is 0 Å². The first-order valence-electron chi connectivity index (χ1n) is 6.63. The third-order valence-corrected chi connectivity index (χ3v) is 3.77. The summed E-state index contributed by atoms with van der Waals surface area (Å²) in [7, 11) is 0. The van der Waals surface area contributed by atoms with E-state index >= 15 is 0 Å². The molecule has 2 aromatic rings. The first kappa shape index (κ1) is 11.3. The summed E-state index contributed by atoms with van der Waals surface area (Å²) >= 11 is 0. The molecule has 0 aliphatic heterocycles. The van der Waals surface area contributed by atoms with E-state index in [9.17, 15) is 0 Å². The Labute approximate surface area is 109 Å². The van der Waals surface area contributed by atoms with Gasteiger partial charge in [0.1, 0.15) is 0 Å². The molecule has 0 fully saturated rings. The second-order valence-corrected chi connectivity index (χ2v) is 5.31. The lowest BCUT2D eigenvalue weighted by molar-refractivity contribution is 0.563. The second kappa shape index (κ2) is 4.45. The van der Waals surface area contributed by atoms with Crippen molar-refractivity contribution in [3.05, 3.63) is 70.8 Å². The van der Waals surface area contributed by atoms with Gasteiger partial charge in [-0.15, -0.1) is 0 Å². The van der Waals surface area contributed by atoms with E-state index in [1.807, 2.05) is 0 Å². The summed E-state index contributed by atoms with van der Waals surface area (Å²) in [6.45, 7) is 4.62. The number of rotatable bonds is 1. The average molecular weight is 234 g/mol. The monoisotopic (exact) mass is 234 g/mol. The summed E-state index contributed by atoms with van der Waals surface area (Å²) in [5.41, 5.74) is 5.61. The average Bonchev–Trinajstić information content (AvgIpc) is 2.55. The van der Waals surface area contributed by atoms with Crippen LogP contribution in [0.15, 0.2) is 48.5 Å². The first-order chi connectivity index (χ1) is 8.77. The largest absolute Gasteiger partial charge is 0.0619 e. The van der Waals surface area contributed by atoms with Crippen LogP contribution in [0.4, 0.5) is 0 Å². The summed E-state index contributed by atoms with van der Waals surface area (Å²) in [4.78, 5) is 0. The second-order valence-electron chi connectivity index (χ2n) is 5.31. The predicted molar refractivity (Wildman–Crippen MR) is 78.5 cm³/mol. The van der Waals surface area contributed by atoms with Gasteiger partial charge in [0.25, 0.3) is 0 Å². The van der Waals surface area contributed by atoms with Gasteiger partial charge < -0.3 is 0 Å². The molecule has 0 nitrogen and oxygen atoms in total. The third-order valence-electron chi connectivity index (χ3n) is 3.77. The molecule has 0 radical (unpaired) electrons. The molecule has 1 aliphatic carbocycles. The maximum Gasteiger partial charge on any atom is 0.0124 e. The summed E-state index contributed by atoms with van der Waals surface area (Å²) in [5, 5.41) is 0. The van der Waals surface area contributed by atoms with Crippen LogP contribution in [0.25, 0.3) is 12.2 Å². The van der Waals surface area contributed by atoms with Crippen molar-refractivity contribution in [2.75, 3.05) is 0 Å². The minimum Gasteiger partial charge on any atom is -0.0619 e. The highest BCUT2D eigenvalue weighted by Gasteiger charge is 2.23. The molecule has 0 bridgehead atoms. The Balaban J connectivity index is 2.27. The summed E-state index contributed by atoms with van der Waals surface area (Å²) in [6.07, 6.45) is 4.49. The van der Waals surface area contributed by atoms with Gasteiger partial charge in [0.05, 0.1) is 0 Å². The smallest absolute Gasteiger partial charge is 0.0124 e. The molecule has 1 aliphatic rings. The molecule has 0 spiro atoms. The van der Waals surface area contributed by atoms with Crippen molar-refractivity contribution in [2.24, 2.45) is 5.92 Å². The zero-order valence-electron chi connectivity index (χ0n) is 10.9. The van der Waals surface area contributed by atoms with E-state index in [1.165, 1.54) is 22.3 Å². The molecule has 3 rings (SSSR count). The highest BCUT2D eigenvalue weighted by molar-refractivity contribution is 5.76. The zero-order chi connectivity index (χ0) is 12.5. The number of fused-ring (bicyclic) bond motifs is 2. The molecule has 0 N–H and O–H groups in total. The van der Waals surface area contributed by atoms with E-state index in [-0.39, 0.29) is 0 Å². The van der Waals surface area contributed by atoms with Crippen molar-refractivity contribution in [3.8, 4) is 0 Å². The van der Waals surface area contributed by atoms with Crippen molar-refractivity contribution in [1.29, 1.82) is 0 Å². The third kappa shape index (κ3) is 1.78. The molecular formula is C18H18. The predicted octanol–water partition coefficient (Wildman–Crippen LogP) is 4.96. The molecular weight excluding hydrogens is 216 g/mol. The van der Waals surface area contributed by atoms with Crippen LogP contribution in [-0.4, -0.2) is 0 Å². The molecule has 0 saturated heterocycles. The van der Waals surface area contributed by atoms with Crippen LogP contribution >= 0.6 is 0 Å². The highest BCUT2D eigenvalue weighted by atomic mass is 14.3. The minimum atomic E-state index is 0.493. The summed E-state index contributed by atoms with van der Waals surface area (Å²) in [6, 6.07) is 17.5.